The third-order valence-electron chi connectivity index (χ3n) is 3.77. The summed E-state index contributed by atoms with van der Waals surface area (Å²) < 4.78 is 0. The number of hydrogen-bond acceptors (Lipinski definition) is 4. The normalized spacial score (nSPS) is 29.8. The smallest absolute Gasteiger partial charge is 0.308 e. The van der Waals surface area contributed by atoms with Crippen molar-refractivity contribution in [1.29, 1.82) is 0 Å². The summed E-state index contributed by atoms with van der Waals surface area (Å²) >= 11 is 0. The average molecular weight is 349 g/mol. The summed E-state index contributed by atoms with van der Waals surface area (Å²) in [6.45, 7) is 0. The van der Waals surface area contributed by atoms with Crippen LogP contribution in [0.15, 0.2) is 0 Å². The zero-order valence-corrected chi connectivity index (χ0v) is 13.4. The van der Waals surface area contributed by atoms with E-state index in [9.17, 15) is 9.59 Å². The molecule has 0 heterocycles. The van der Waals surface area contributed by atoms with Gasteiger partial charge in [0.05, 0.1) is 11.8 Å². The van der Waals surface area contributed by atoms with Crippen LogP contribution in [0.2, 0.25) is 0 Å². The van der Waals surface area contributed by atoms with Crippen LogP contribution in [0.1, 0.15) is 38.5 Å². The molecule has 2 rings (SSSR count). The fraction of sp³-hybridized carbons (Fsp3) is 0.833. The van der Waals surface area contributed by atoms with Gasteiger partial charge in [-0.15, -0.1) is 24.8 Å². The topological polar surface area (TPSA) is 158 Å². The van der Waals surface area contributed by atoms with Crippen molar-refractivity contribution in [2.24, 2.45) is 23.3 Å². The molecule has 8 N–H and O–H groups in total. The fourth-order valence-electron chi connectivity index (χ4n) is 2.59. The van der Waals surface area contributed by atoms with E-state index >= 15 is 0 Å². The quantitative estimate of drug-likeness (QED) is 0.565. The van der Waals surface area contributed by atoms with Crippen LogP contribution in [-0.2, 0) is 9.59 Å². The summed E-state index contributed by atoms with van der Waals surface area (Å²) in [6.07, 6.45) is 5.21. The SMILES string of the molecule is Cl.Cl.N[C@@H]1CCC[C@@H]1C(=O)O.N[C@@H]1CCC[C@@H]1C(=O)O.O. The van der Waals surface area contributed by atoms with E-state index in [2.05, 4.69) is 0 Å². The van der Waals surface area contributed by atoms with Gasteiger partial charge in [-0.1, -0.05) is 12.8 Å². The fourth-order valence-corrected chi connectivity index (χ4v) is 2.59. The van der Waals surface area contributed by atoms with E-state index in [1.54, 1.807) is 0 Å². The standard InChI is InChI=1S/2C6H11NO2.2ClH.H2O/c2*7-5-3-1-2-4(5)6(8)9;;;/h2*4-5H,1-3,7H2,(H,8,9);2*1H;1H2/t2*4-,5+;;;/m00.../s1. The first kappa shape index (κ1) is 25.4. The van der Waals surface area contributed by atoms with E-state index in [4.69, 9.17) is 21.7 Å². The molecule has 128 valence electrons. The minimum Gasteiger partial charge on any atom is -0.481 e. The first-order valence-corrected chi connectivity index (χ1v) is 6.40. The van der Waals surface area contributed by atoms with Gasteiger partial charge in [0, 0.05) is 12.1 Å². The molecular formula is C12H26Cl2N2O5. The van der Waals surface area contributed by atoms with Crippen molar-refractivity contribution >= 4 is 36.8 Å². The highest BCUT2D eigenvalue weighted by molar-refractivity contribution is 5.85. The molecule has 9 heteroatoms. The maximum absolute atomic E-state index is 10.3. The highest BCUT2D eigenvalue weighted by Crippen LogP contribution is 2.24. The van der Waals surface area contributed by atoms with E-state index in [1.807, 2.05) is 0 Å². The van der Waals surface area contributed by atoms with E-state index in [0.29, 0.717) is 0 Å². The predicted molar refractivity (Wildman–Crippen MR) is 84.0 cm³/mol. The van der Waals surface area contributed by atoms with Crippen molar-refractivity contribution in [3.05, 3.63) is 0 Å². The molecule has 21 heavy (non-hydrogen) atoms. The second-order valence-corrected chi connectivity index (χ2v) is 5.08. The molecular weight excluding hydrogens is 323 g/mol. The number of aliphatic carboxylic acids is 2. The van der Waals surface area contributed by atoms with E-state index < -0.39 is 11.9 Å². The molecule has 0 unspecified atom stereocenters. The maximum atomic E-state index is 10.3. The van der Waals surface area contributed by atoms with Crippen LogP contribution in [0.3, 0.4) is 0 Å². The Hall–Kier alpha value is -0.600. The monoisotopic (exact) mass is 348 g/mol. The van der Waals surface area contributed by atoms with Crippen LogP contribution < -0.4 is 11.5 Å². The molecule has 0 radical (unpaired) electrons. The van der Waals surface area contributed by atoms with Crippen molar-refractivity contribution < 1.29 is 25.3 Å². The van der Waals surface area contributed by atoms with Gasteiger partial charge in [0.25, 0.3) is 0 Å². The first-order chi connectivity index (χ1) is 8.43. The molecule has 0 aliphatic heterocycles. The van der Waals surface area contributed by atoms with Gasteiger partial charge in [-0.2, -0.15) is 0 Å². The van der Waals surface area contributed by atoms with Gasteiger partial charge in [0.1, 0.15) is 0 Å². The van der Waals surface area contributed by atoms with Crippen molar-refractivity contribution in [2.45, 2.75) is 50.6 Å². The van der Waals surface area contributed by atoms with Crippen LogP contribution in [0.5, 0.6) is 0 Å². The maximum Gasteiger partial charge on any atom is 0.308 e. The highest BCUT2D eigenvalue weighted by atomic mass is 35.5. The summed E-state index contributed by atoms with van der Waals surface area (Å²) in [5, 5.41) is 17.0. The second kappa shape index (κ2) is 12.0. The summed E-state index contributed by atoms with van der Waals surface area (Å²) in [7, 11) is 0. The van der Waals surface area contributed by atoms with Crippen molar-refractivity contribution in [1.82, 2.24) is 0 Å². The van der Waals surface area contributed by atoms with Gasteiger partial charge < -0.3 is 27.2 Å². The Balaban J connectivity index is -0.000000270. The average Bonchev–Trinajstić information content (AvgIpc) is 2.87. The van der Waals surface area contributed by atoms with Crippen molar-refractivity contribution in [3.8, 4) is 0 Å². The third-order valence-corrected chi connectivity index (χ3v) is 3.77. The number of hydrogen-bond donors (Lipinski definition) is 4. The number of halogens is 2. The van der Waals surface area contributed by atoms with Crippen LogP contribution in [0.4, 0.5) is 0 Å². The molecule has 4 atom stereocenters. The molecule has 0 saturated heterocycles. The van der Waals surface area contributed by atoms with E-state index in [0.717, 1.165) is 38.5 Å². The molecule has 0 bridgehead atoms. The van der Waals surface area contributed by atoms with Crippen LogP contribution in [-0.4, -0.2) is 39.7 Å². The van der Waals surface area contributed by atoms with Gasteiger partial charge >= 0.3 is 11.9 Å². The molecule has 0 spiro atoms. The minimum absolute atomic E-state index is 0. The molecule has 2 saturated carbocycles. The Labute approximate surface area is 136 Å². The van der Waals surface area contributed by atoms with Crippen molar-refractivity contribution in [3.63, 3.8) is 0 Å². The van der Waals surface area contributed by atoms with E-state index in [-0.39, 0.29) is 54.2 Å². The lowest BCUT2D eigenvalue weighted by atomic mass is 10.1. The lowest BCUT2D eigenvalue weighted by Gasteiger charge is -2.07. The van der Waals surface area contributed by atoms with Gasteiger partial charge in [0.2, 0.25) is 0 Å². The van der Waals surface area contributed by atoms with E-state index in [1.165, 1.54) is 0 Å². The molecule has 0 aromatic rings. The lowest BCUT2D eigenvalue weighted by Crippen LogP contribution is -2.30. The van der Waals surface area contributed by atoms with Crippen molar-refractivity contribution in [2.75, 3.05) is 0 Å². The zero-order valence-electron chi connectivity index (χ0n) is 11.7. The second-order valence-electron chi connectivity index (χ2n) is 5.08. The van der Waals surface area contributed by atoms with Gasteiger partial charge in [-0.25, -0.2) is 0 Å². The summed E-state index contributed by atoms with van der Waals surface area (Å²) in [5.41, 5.74) is 11.0. The summed E-state index contributed by atoms with van der Waals surface area (Å²) in [4.78, 5) is 20.7. The Morgan fingerprint density at radius 3 is 1.14 bits per heavy atom. The summed E-state index contributed by atoms with van der Waals surface area (Å²) in [5.74, 6) is -2.02. The minimum atomic E-state index is -0.736. The third kappa shape index (κ3) is 7.82. The van der Waals surface area contributed by atoms with Gasteiger partial charge in [0.15, 0.2) is 0 Å². The molecule has 0 aromatic carbocycles. The number of nitrogens with two attached hydrogens (primary N) is 2. The highest BCUT2D eigenvalue weighted by Gasteiger charge is 2.30. The molecule has 0 amide bonds. The number of carboxylic acid groups (broad SMARTS) is 2. The molecule has 2 fully saturated rings. The Bertz CT molecular complexity index is 290. The van der Waals surface area contributed by atoms with Crippen LogP contribution in [0, 0.1) is 11.8 Å². The lowest BCUT2D eigenvalue weighted by molar-refractivity contribution is -0.142. The molecule has 7 nitrogen and oxygen atoms in total. The number of carboxylic acids is 2. The van der Waals surface area contributed by atoms with Gasteiger partial charge in [-0.3, -0.25) is 9.59 Å². The number of carbonyl (C=O) groups is 2. The molecule has 2 aliphatic rings. The summed E-state index contributed by atoms with van der Waals surface area (Å²) in [6, 6.07) is -0.190. The van der Waals surface area contributed by atoms with Gasteiger partial charge in [-0.05, 0) is 25.7 Å². The molecule has 0 aromatic heterocycles. The predicted octanol–water partition coefficient (Wildman–Crippen LogP) is 0.416. The first-order valence-electron chi connectivity index (χ1n) is 6.40. The zero-order chi connectivity index (χ0) is 13.7. The largest absolute Gasteiger partial charge is 0.481 e. The van der Waals surface area contributed by atoms with Crippen LogP contribution in [0.25, 0.3) is 0 Å². The Morgan fingerprint density at radius 1 is 0.762 bits per heavy atom. The Kier molecular flexibility index (Phi) is 14.5. The number of rotatable bonds is 2. The van der Waals surface area contributed by atoms with Crippen LogP contribution >= 0.6 is 24.8 Å². The Morgan fingerprint density at radius 2 is 1.05 bits per heavy atom. The molecule has 2 aliphatic carbocycles.